The van der Waals surface area contributed by atoms with Crippen LogP contribution in [0.1, 0.15) is 67.0 Å². The number of benzene rings is 3. The molecule has 0 unspecified atom stereocenters. The van der Waals surface area contributed by atoms with E-state index in [0.717, 1.165) is 24.3 Å². The van der Waals surface area contributed by atoms with Gasteiger partial charge in [-0.15, -0.1) is 0 Å². The van der Waals surface area contributed by atoms with Gasteiger partial charge in [-0.3, -0.25) is 0 Å². The van der Waals surface area contributed by atoms with Crippen LogP contribution in [0.2, 0.25) is 0 Å². The lowest BCUT2D eigenvalue weighted by atomic mass is 9.84. The maximum absolute atomic E-state index is 14.5. The highest BCUT2D eigenvalue weighted by molar-refractivity contribution is 5.81. The monoisotopic (exact) mass is 558 g/mol. The van der Waals surface area contributed by atoms with E-state index in [-0.39, 0.29) is 35.1 Å². The van der Waals surface area contributed by atoms with Gasteiger partial charge in [-0.1, -0.05) is 51.0 Å². The first-order valence-electron chi connectivity index (χ1n) is 12.4. The van der Waals surface area contributed by atoms with Crippen molar-refractivity contribution in [3.63, 3.8) is 0 Å². The zero-order valence-electron chi connectivity index (χ0n) is 21.5. The number of alkyl halides is 9. The Morgan fingerprint density at radius 1 is 0.564 bits per heavy atom. The number of hydrogen-bond donors (Lipinski definition) is 0. The SMILES string of the molecule is C/C=C/c1ccc(C(F)(F)F)c(-c2cc(C(F)(F)F)c(-c3cc(C(F)(F)F)ccc3CCC)cc2CCC)c1. The Balaban J connectivity index is 2.48. The lowest BCUT2D eigenvalue weighted by molar-refractivity contribution is -0.138. The molecule has 0 saturated heterocycles. The molecule has 0 aliphatic carbocycles. The number of allylic oxidation sites excluding steroid dienone is 1. The Morgan fingerprint density at radius 3 is 1.67 bits per heavy atom. The summed E-state index contributed by atoms with van der Waals surface area (Å²) in [6.45, 7) is 5.11. The van der Waals surface area contributed by atoms with Crippen molar-refractivity contribution < 1.29 is 39.5 Å². The summed E-state index contributed by atoms with van der Waals surface area (Å²) in [5.41, 5.74) is -4.05. The molecule has 210 valence electrons. The molecule has 0 radical (unpaired) electrons. The van der Waals surface area contributed by atoms with E-state index in [1.165, 1.54) is 18.2 Å². The largest absolute Gasteiger partial charge is 0.417 e. The number of aryl methyl sites for hydroxylation is 2. The van der Waals surface area contributed by atoms with Crippen LogP contribution in [0.15, 0.2) is 54.6 Å². The van der Waals surface area contributed by atoms with Crippen molar-refractivity contribution in [1.82, 2.24) is 0 Å². The van der Waals surface area contributed by atoms with Crippen LogP contribution in [0.5, 0.6) is 0 Å². The van der Waals surface area contributed by atoms with Gasteiger partial charge < -0.3 is 0 Å². The zero-order valence-corrected chi connectivity index (χ0v) is 21.5. The fourth-order valence-corrected chi connectivity index (χ4v) is 4.65. The van der Waals surface area contributed by atoms with Gasteiger partial charge in [0, 0.05) is 0 Å². The number of hydrogen-bond acceptors (Lipinski definition) is 0. The first-order valence-corrected chi connectivity index (χ1v) is 12.4. The summed E-state index contributed by atoms with van der Waals surface area (Å²) in [6.07, 6.45) is -10.4. The molecule has 0 aliphatic heterocycles. The summed E-state index contributed by atoms with van der Waals surface area (Å²) in [7, 11) is 0. The van der Waals surface area contributed by atoms with Crippen molar-refractivity contribution in [3.05, 3.63) is 88.0 Å². The van der Waals surface area contributed by atoms with Crippen molar-refractivity contribution in [2.24, 2.45) is 0 Å². The van der Waals surface area contributed by atoms with Gasteiger partial charge in [-0.25, -0.2) is 0 Å². The van der Waals surface area contributed by atoms with E-state index < -0.39 is 46.3 Å². The third-order valence-electron chi connectivity index (χ3n) is 6.31. The lowest BCUT2D eigenvalue weighted by Crippen LogP contribution is -2.12. The molecule has 0 spiro atoms. The lowest BCUT2D eigenvalue weighted by Gasteiger charge is -2.23. The van der Waals surface area contributed by atoms with Crippen LogP contribution in [0.25, 0.3) is 28.3 Å². The second-order valence-corrected chi connectivity index (χ2v) is 9.23. The second kappa shape index (κ2) is 11.5. The van der Waals surface area contributed by atoms with Crippen LogP contribution in [0, 0.1) is 0 Å². The van der Waals surface area contributed by atoms with Gasteiger partial charge in [0.25, 0.3) is 0 Å². The fraction of sp³-hybridized carbons (Fsp3) is 0.333. The van der Waals surface area contributed by atoms with Crippen LogP contribution in [0.3, 0.4) is 0 Å². The maximum Gasteiger partial charge on any atom is 0.417 e. The summed E-state index contributed by atoms with van der Waals surface area (Å²) in [6, 6.07) is 7.68. The highest BCUT2D eigenvalue weighted by Gasteiger charge is 2.39. The fourth-order valence-electron chi connectivity index (χ4n) is 4.65. The maximum atomic E-state index is 14.5. The smallest absolute Gasteiger partial charge is 0.166 e. The van der Waals surface area contributed by atoms with E-state index in [1.54, 1.807) is 26.8 Å². The Labute approximate surface area is 221 Å². The van der Waals surface area contributed by atoms with E-state index in [0.29, 0.717) is 30.5 Å². The summed E-state index contributed by atoms with van der Waals surface area (Å²) < 4.78 is 126. The Morgan fingerprint density at radius 2 is 1.13 bits per heavy atom. The first-order chi connectivity index (χ1) is 18.1. The Kier molecular flexibility index (Phi) is 8.92. The third kappa shape index (κ3) is 6.86. The van der Waals surface area contributed by atoms with Gasteiger partial charge in [-0.2, -0.15) is 39.5 Å². The van der Waals surface area contributed by atoms with Gasteiger partial charge in [0.05, 0.1) is 16.7 Å². The molecule has 0 heterocycles. The van der Waals surface area contributed by atoms with E-state index in [4.69, 9.17) is 0 Å². The predicted molar refractivity (Wildman–Crippen MR) is 135 cm³/mol. The van der Waals surface area contributed by atoms with E-state index in [2.05, 4.69) is 0 Å². The average Bonchev–Trinajstić information content (AvgIpc) is 2.82. The summed E-state index contributed by atoms with van der Waals surface area (Å²) >= 11 is 0. The molecule has 0 amide bonds. The van der Waals surface area contributed by atoms with Gasteiger partial charge in [0.2, 0.25) is 0 Å². The highest BCUT2D eigenvalue weighted by atomic mass is 19.4. The normalized spacial score (nSPS) is 12.9. The van der Waals surface area contributed by atoms with Crippen molar-refractivity contribution in [2.75, 3.05) is 0 Å². The number of halogens is 9. The van der Waals surface area contributed by atoms with Gasteiger partial charge >= 0.3 is 18.5 Å². The Bertz CT molecular complexity index is 1340. The molecule has 3 rings (SSSR count). The predicted octanol–water partition coefficient (Wildman–Crippen LogP) is 11.0. The van der Waals surface area contributed by atoms with Gasteiger partial charge in [0.15, 0.2) is 0 Å². The van der Waals surface area contributed by atoms with Crippen LogP contribution in [0.4, 0.5) is 39.5 Å². The second-order valence-electron chi connectivity index (χ2n) is 9.23. The van der Waals surface area contributed by atoms with Crippen molar-refractivity contribution >= 4 is 6.08 Å². The van der Waals surface area contributed by atoms with Gasteiger partial charge in [0.1, 0.15) is 0 Å². The van der Waals surface area contributed by atoms with Crippen LogP contribution >= 0.6 is 0 Å². The standard InChI is InChI=1S/C30H27F9/c1-4-7-18-10-13-26(29(34,35)36)24(14-18)23-17-27(30(37,38)39)25(15-20(23)9-6-3)22-16-21(28(31,32)33)12-11-19(22)8-5-2/h4,7,10-17H,5-6,8-9H2,1-3H3/b7-4+. The van der Waals surface area contributed by atoms with Crippen LogP contribution in [-0.2, 0) is 31.4 Å². The quantitative estimate of drug-likeness (QED) is 0.253. The molecule has 0 N–H and O–H groups in total. The van der Waals surface area contributed by atoms with Crippen molar-refractivity contribution in [2.45, 2.75) is 65.0 Å². The summed E-state index contributed by atoms with van der Waals surface area (Å²) in [4.78, 5) is 0. The summed E-state index contributed by atoms with van der Waals surface area (Å²) in [5, 5.41) is 0. The number of rotatable bonds is 7. The molecule has 0 fully saturated rings. The minimum Gasteiger partial charge on any atom is -0.166 e. The minimum atomic E-state index is -5.05. The van der Waals surface area contributed by atoms with E-state index in [1.807, 2.05) is 0 Å². The third-order valence-corrected chi connectivity index (χ3v) is 6.31. The molecule has 0 bridgehead atoms. The molecule has 39 heavy (non-hydrogen) atoms. The van der Waals surface area contributed by atoms with Crippen LogP contribution < -0.4 is 0 Å². The molecule has 0 saturated carbocycles. The molecule has 9 heteroatoms. The zero-order chi connectivity index (χ0) is 29.2. The molecule has 0 aliphatic rings. The molecular formula is C30H27F9. The van der Waals surface area contributed by atoms with Crippen LogP contribution in [-0.4, -0.2) is 0 Å². The van der Waals surface area contributed by atoms with Crippen molar-refractivity contribution in [3.8, 4) is 22.3 Å². The van der Waals surface area contributed by atoms with Crippen molar-refractivity contribution in [1.29, 1.82) is 0 Å². The topological polar surface area (TPSA) is 0 Å². The molecule has 3 aromatic carbocycles. The molecule has 0 atom stereocenters. The van der Waals surface area contributed by atoms with Gasteiger partial charge in [-0.05, 0) is 95.1 Å². The Hall–Kier alpha value is -3.23. The van der Waals surface area contributed by atoms with E-state index in [9.17, 15) is 39.5 Å². The first kappa shape index (κ1) is 30.3. The molecule has 0 aromatic heterocycles. The molecule has 3 aromatic rings. The van der Waals surface area contributed by atoms with E-state index >= 15 is 0 Å². The highest BCUT2D eigenvalue weighted by Crippen LogP contribution is 2.46. The minimum absolute atomic E-state index is 0.119. The summed E-state index contributed by atoms with van der Waals surface area (Å²) in [5.74, 6) is 0. The average molecular weight is 559 g/mol. The molecule has 0 nitrogen and oxygen atoms in total. The molecular weight excluding hydrogens is 531 g/mol.